The molecule has 4 nitrogen and oxygen atoms in total. The van der Waals surface area contributed by atoms with Crippen LogP contribution in [0.25, 0.3) is 82.1 Å². The molecule has 0 amide bonds. The highest BCUT2D eigenvalue weighted by Gasteiger charge is 2.28. The van der Waals surface area contributed by atoms with Crippen molar-refractivity contribution in [2.45, 2.75) is 0 Å². The fourth-order valence-electron chi connectivity index (χ4n) is 8.58. The van der Waals surface area contributed by atoms with Gasteiger partial charge in [-0.15, -0.1) is 0 Å². The molecule has 0 fully saturated rings. The summed E-state index contributed by atoms with van der Waals surface area (Å²) in [6.45, 7) is 0. The molecular formula is C50H30N2O2. The minimum absolute atomic E-state index is 0.817. The second-order valence-corrected chi connectivity index (χ2v) is 14.2. The zero-order valence-corrected chi connectivity index (χ0v) is 29.0. The highest BCUT2D eigenvalue weighted by molar-refractivity contribution is 6.14. The van der Waals surface area contributed by atoms with Gasteiger partial charge in [-0.05, 0) is 112 Å². The third kappa shape index (κ3) is 4.31. The van der Waals surface area contributed by atoms with Crippen molar-refractivity contribution >= 4 is 82.4 Å². The van der Waals surface area contributed by atoms with E-state index in [1.807, 2.05) is 18.2 Å². The summed E-state index contributed by atoms with van der Waals surface area (Å²) < 4.78 is 15.4. The van der Waals surface area contributed by atoms with Crippen LogP contribution in [-0.4, -0.2) is 4.57 Å². The van der Waals surface area contributed by atoms with E-state index >= 15 is 0 Å². The molecule has 0 radical (unpaired) electrons. The van der Waals surface area contributed by atoms with Crippen LogP contribution in [0.1, 0.15) is 0 Å². The summed E-state index contributed by atoms with van der Waals surface area (Å²) in [6, 6.07) is 64.9. The normalized spacial score (nSPS) is 12.6. The highest BCUT2D eigenvalue weighted by atomic mass is 16.5. The highest BCUT2D eigenvalue weighted by Crippen LogP contribution is 2.53. The molecule has 54 heavy (non-hydrogen) atoms. The summed E-state index contributed by atoms with van der Waals surface area (Å²) in [7, 11) is 0. The van der Waals surface area contributed by atoms with E-state index in [0.717, 1.165) is 72.6 Å². The van der Waals surface area contributed by atoms with E-state index in [0.29, 0.717) is 0 Å². The van der Waals surface area contributed by atoms with Crippen LogP contribution in [0.3, 0.4) is 0 Å². The van der Waals surface area contributed by atoms with Crippen molar-refractivity contribution in [1.29, 1.82) is 0 Å². The van der Waals surface area contributed by atoms with Crippen LogP contribution in [0, 0.1) is 0 Å². The zero-order chi connectivity index (χ0) is 35.3. The van der Waals surface area contributed by atoms with Crippen LogP contribution in [0.4, 0.5) is 17.1 Å². The third-order valence-electron chi connectivity index (χ3n) is 11.1. The van der Waals surface area contributed by atoms with Crippen LogP contribution in [0.2, 0.25) is 0 Å². The summed E-state index contributed by atoms with van der Waals surface area (Å²) in [4.78, 5) is 2.34. The van der Waals surface area contributed by atoms with Crippen molar-refractivity contribution in [1.82, 2.24) is 4.57 Å². The first-order valence-electron chi connectivity index (χ1n) is 18.3. The number of benzene rings is 9. The van der Waals surface area contributed by atoms with E-state index in [9.17, 15) is 0 Å². The second-order valence-electron chi connectivity index (χ2n) is 14.2. The van der Waals surface area contributed by atoms with Gasteiger partial charge in [-0.2, -0.15) is 0 Å². The maximum atomic E-state index is 6.75. The molecular weight excluding hydrogens is 661 g/mol. The largest absolute Gasteiger partial charge is 0.456 e. The molecule has 252 valence electrons. The summed E-state index contributed by atoms with van der Waals surface area (Å²) in [5, 5.41) is 9.39. The van der Waals surface area contributed by atoms with Gasteiger partial charge in [-0.1, -0.05) is 97.1 Å². The van der Waals surface area contributed by atoms with Gasteiger partial charge in [-0.25, -0.2) is 0 Å². The van der Waals surface area contributed by atoms with E-state index in [1.54, 1.807) is 0 Å². The van der Waals surface area contributed by atoms with E-state index in [4.69, 9.17) is 9.15 Å². The van der Waals surface area contributed by atoms with E-state index in [-0.39, 0.29) is 0 Å². The van der Waals surface area contributed by atoms with Gasteiger partial charge in [0.05, 0.1) is 22.4 Å². The number of ether oxygens (including phenoxy) is 1. The molecule has 0 N–H and O–H groups in total. The van der Waals surface area contributed by atoms with Gasteiger partial charge in [0.15, 0.2) is 11.5 Å². The first-order chi connectivity index (χ1) is 26.7. The molecule has 9 aromatic carbocycles. The Kier molecular flexibility index (Phi) is 6.02. The first-order valence-corrected chi connectivity index (χ1v) is 18.3. The molecule has 11 aromatic rings. The Bertz CT molecular complexity index is 3320. The smallest absolute Gasteiger partial charge is 0.153 e. The lowest BCUT2D eigenvalue weighted by Gasteiger charge is -2.33. The van der Waals surface area contributed by atoms with Gasteiger partial charge in [-0.3, -0.25) is 0 Å². The van der Waals surface area contributed by atoms with Crippen molar-refractivity contribution < 1.29 is 9.15 Å². The molecule has 0 spiro atoms. The summed E-state index contributed by atoms with van der Waals surface area (Å²) >= 11 is 0. The maximum Gasteiger partial charge on any atom is 0.153 e. The lowest BCUT2D eigenvalue weighted by Crippen LogP contribution is -2.15. The molecule has 4 heteroatoms. The van der Waals surface area contributed by atoms with Gasteiger partial charge in [0, 0.05) is 39.0 Å². The molecule has 12 rings (SSSR count). The van der Waals surface area contributed by atoms with Gasteiger partial charge in [0.2, 0.25) is 0 Å². The Hall–Kier alpha value is -7.30. The molecule has 0 aliphatic carbocycles. The Balaban J connectivity index is 1.05. The molecule has 0 unspecified atom stereocenters. The Morgan fingerprint density at radius 2 is 1.11 bits per heavy atom. The summed E-state index contributed by atoms with van der Waals surface area (Å²) in [5.41, 5.74) is 10.6. The molecule has 0 saturated carbocycles. The fourth-order valence-corrected chi connectivity index (χ4v) is 8.58. The first kappa shape index (κ1) is 29.3. The lowest BCUT2D eigenvalue weighted by atomic mass is 10.0. The maximum absolute atomic E-state index is 6.75. The Morgan fingerprint density at radius 3 is 2.06 bits per heavy atom. The molecule has 3 heterocycles. The molecule has 2 aromatic heterocycles. The van der Waals surface area contributed by atoms with Crippen molar-refractivity contribution in [3.05, 3.63) is 182 Å². The van der Waals surface area contributed by atoms with Crippen molar-refractivity contribution in [3.8, 4) is 28.3 Å². The van der Waals surface area contributed by atoms with Gasteiger partial charge in [0.1, 0.15) is 11.2 Å². The number of para-hydroxylation sites is 4. The van der Waals surface area contributed by atoms with E-state index in [1.165, 1.54) is 38.1 Å². The number of hydrogen-bond donors (Lipinski definition) is 0. The number of aromatic nitrogens is 1. The molecule has 1 aliphatic heterocycles. The zero-order valence-electron chi connectivity index (χ0n) is 29.0. The second kappa shape index (κ2) is 11.1. The average molecular weight is 691 g/mol. The predicted octanol–water partition coefficient (Wildman–Crippen LogP) is 14.2. The van der Waals surface area contributed by atoms with Crippen LogP contribution in [-0.2, 0) is 0 Å². The topological polar surface area (TPSA) is 30.5 Å². The monoisotopic (exact) mass is 690 g/mol. The number of fused-ring (bicyclic) bond motifs is 10. The quantitative estimate of drug-likeness (QED) is 0.173. The van der Waals surface area contributed by atoms with Crippen molar-refractivity contribution in [2.75, 3.05) is 4.90 Å². The van der Waals surface area contributed by atoms with Gasteiger partial charge >= 0.3 is 0 Å². The number of furan rings is 1. The van der Waals surface area contributed by atoms with Crippen molar-refractivity contribution in [3.63, 3.8) is 0 Å². The molecule has 1 aliphatic rings. The number of hydrogen-bond acceptors (Lipinski definition) is 3. The van der Waals surface area contributed by atoms with Crippen LogP contribution in [0.5, 0.6) is 11.5 Å². The standard InChI is InChI=1S/C50H30N2O2/c1-2-11-31(12-3-1)32-13-10-14-37(25-32)52-44-18-7-9-20-48(44)54-50-30-45-41(29-46(50)52)39-15-4-6-17-43(39)51(45)38-22-21-33-23-35-27-42-40-16-5-8-19-47(40)53-49(42)28-36(35)24-34(33)26-38/h1-30H. The number of rotatable bonds is 3. The molecule has 0 saturated heterocycles. The summed E-state index contributed by atoms with van der Waals surface area (Å²) in [5.74, 6) is 1.64. The van der Waals surface area contributed by atoms with Crippen LogP contribution in [0.15, 0.2) is 186 Å². The summed E-state index contributed by atoms with van der Waals surface area (Å²) in [6.07, 6.45) is 0. The third-order valence-corrected chi connectivity index (χ3v) is 11.1. The number of anilines is 3. The minimum Gasteiger partial charge on any atom is -0.456 e. The van der Waals surface area contributed by atoms with Gasteiger partial charge in [0.25, 0.3) is 0 Å². The number of nitrogens with zero attached hydrogens (tertiary/aromatic N) is 2. The van der Waals surface area contributed by atoms with E-state index < -0.39 is 0 Å². The Labute approximate surface area is 310 Å². The molecule has 0 bridgehead atoms. The SMILES string of the molecule is c1ccc(-c2cccc(N3c4ccccc4Oc4cc5c(cc43)c3ccccc3n5-c3ccc4cc5cc6c(cc5cc4c3)oc3ccccc36)c2)cc1. The predicted molar refractivity (Wildman–Crippen MR) is 223 cm³/mol. The van der Waals surface area contributed by atoms with Crippen molar-refractivity contribution in [2.24, 2.45) is 0 Å². The lowest BCUT2D eigenvalue weighted by molar-refractivity contribution is 0.477. The van der Waals surface area contributed by atoms with Gasteiger partial charge < -0.3 is 18.6 Å². The van der Waals surface area contributed by atoms with Crippen LogP contribution >= 0.6 is 0 Å². The minimum atomic E-state index is 0.817. The van der Waals surface area contributed by atoms with Crippen LogP contribution < -0.4 is 9.64 Å². The Morgan fingerprint density at radius 1 is 0.352 bits per heavy atom. The van der Waals surface area contributed by atoms with E-state index in [2.05, 4.69) is 173 Å². The fraction of sp³-hybridized carbons (Fsp3) is 0. The molecule has 0 atom stereocenters. The average Bonchev–Trinajstić information content (AvgIpc) is 3.75.